The lowest BCUT2D eigenvalue weighted by molar-refractivity contribution is 0.0680. The van der Waals surface area contributed by atoms with Crippen molar-refractivity contribution in [3.05, 3.63) is 314 Å². The van der Waals surface area contributed by atoms with E-state index in [-0.39, 0.29) is 28.9 Å². The van der Waals surface area contributed by atoms with Gasteiger partial charge in [0.05, 0.1) is 0 Å². The summed E-state index contributed by atoms with van der Waals surface area (Å²) in [5, 5.41) is 47.4. The lowest BCUT2D eigenvalue weighted by Crippen LogP contribution is -2.22. The Kier molecular flexibility index (Phi) is 25.3. The number of hydrogen-bond donors (Lipinski definition) is 4. The molecule has 105 heavy (non-hydrogen) atoms. The first-order chi connectivity index (χ1) is 50.7. The molecule has 15 nitrogen and oxygen atoms in total. The molecular weight excluding hydrogens is 1340 g/mol. The van der Waals surface area contributed by atoms with Gasteiger partial charge in [0.1, 0.15) is 71.7 Å². The molecule has 0 radical (unpaired) electrons. The third-order valence-electron chi connectivity index (χ3n) is 18.8. The Morgan fingerprint density at radius 2 is 0.638 bits per heavy atom. The Hall–Kier alpha value is -12.1. The third-order valence-corrected chi connectivity index (χ3v) is 19.1. The third kappa shape index (κ3) is 18.1. The molecule has 0 fully saturated rings. The van der Waals surface area contributed by atoms with Crippen LogP contribution < -0.4 is 28.7 Å². The minimum absolute atomic E-state index is 0.141. The van der Waals surface area contributed by atoms with Crippen LogP contribution in [-0.2, 0) is 26.4 Å². The number of carbonyl (C=O) groups is 4. The number of ether oxygens (including phenoxy) is 4. The number of aromatic nitrogens is 1. The Labute approximate surface area is 617 Å². The summed E-state index contributed by atoms with van der Waals surface area (Å²) in [5.41, 5.74) is 13.1. The largest absolute Gasteiger partial charge is 0.488 e. The molecule has 0 aliphatic carbocycles. The van der Waals surface area contributed by atoms with Gasteiger partial charge >= 0.3 is 23.9 Å². The molecule has 0 saturated heterocycles. The lowest BCUT2D eigenvalue weighted by Gasteiger charge is -2.22. The molecule has 0 bridgehead atoms. The van der Waals surface area contributed by atoms with Gasteiger partial charge in [-0.15, -0.1) is 0 Å². The quantitative estimate of drug-likeness (QED) is 0.0472. The lowest BCUT2D eigenvalue weighted by atomic mass is 10.0. The molecule has 0 aliphatic rings. The first-order valence-electron chi connectivity index (χ1n) is 34.9. The monoisotopic (exact) mass is 1420 g/mol. The SMILES string of the molecule is CCN(CC)c1ccc(C(=O)O)c(OCc2c(C)ccc3ccccc23)c1.CCN(CC)c1ccc(C(=O)O)c(OCc2c(Cl)ccc3ccccc23)c1.Cc1ccc2ccccc2c1COc1cc(-n2c(C)ccc2C)ccc1C(=O)O.Cc1ccc2ccccc2c1COc1ccccc1C(=O)O. The van der Waals surface area contributed by atoms with Crippen molar-refractivity contribution >= 4 is 89.9 Å². The molecule has 536 valence electrons. The molecule has 0 saturated carbocycles. The summed E-state index contributed by atoms with van der Waals surface area (Å²) >= 11 is 6.39. The maximum absolute atomic E-state index is 11.8. The van der Waals surface area contributed by atoms with E-state index in [2.05, 4.69) is 122 Å². The zero-order chi connectivity index (χ0) is 74.8. The number of anilines is 2. The maximum atomic E-state index is 11.8. The number of carboxylic acids is 4. The van der Waals surface area contributed by atoms with Crippen molar-refractivity contribution in [3.63, 3.8) is 0 Å². The molecule has 0 spiro atoms. The highest BCUT2D eigenvalue weighted by molar-refractivity contribution is 6.32. The summed E-state index contributed by atoms with van der Waals surface area (Å²) in [7, 11) is 0. The Morgan fingerprint density at radius 1 is 0.333 bits per heavy atom. The maximum Gasteiger partial charge on any atom is 0.339 e. The second-order valence-electron chi connectivity index (χ2n) is 25.2. The van der Waals surface area contributed by atoms with Crippen LogP contribution in [-0.4, -0.2) is 75.0 Å². The second kappa shape index (κ2) is 35.2. The first kappa shape index (κ1) is 75.6. The van der Waals surface area contributed by atoms with E-state index < -0.39 is 23.9 Å². The van der Waals surface area contributed by atoms with Gasteiger partial charge in [0.2, 0.25) is 0 Å². The van der Waals surface area contributed by atoms with Crippen molar-refractivity contribution in [1.29, 1.82) is 0 Å². The normalized spacial score (nSPS) is 10.8. The molecule has 12 aromatic carbocycles. The van der Waals surface area contributed by atoms with Crippen molar-refractivity contribution in [2.24, 2.45) is 0 Å². The summed E-state index contributed by atoms with van der Waals surface area (Å²) in [4.78, 5) is 50.6. The Morgan fingerprint density at radius 3 is 1.02 bits per heavy atom. The van der Waals surface area contributed by atoms with Crippen LogP contribution in [0.2, 0.25) is 5.02 Å². The van der Waals surface area contributed by atoms with Crippen LogP contribution in [0.4, 0.5) is 11.4 Å². The standard InChI is InChI=1S/C25H23NO3.C23H25NO3.C22H22ClNO3.C19H16O3/c1-16-8-11-19-6-4-5-7-21(19)23(16)15-29-24-14-20(12-13-22(24)25(27)28)26-17(2)9-10-18(26)3;1-4-24(5-2)18-12-13-20(23(25)26)22(14-18)27-15-21-16(3)10-11-17-8-6-7-9-19(17)21;1-3-24(4-2)16-10-11-18(22(25)26)21(13-16)27-14-19-17-8-6-5-7-15(17)9-12-20(19)23;1-13-10-11-14-6-2-3-7-15(14)17(13)12-22-18-9-5-4-8-16(18)19(20)21/h4-14H,15H2,1-3H3,(H,27,28);6-14H,4-5,15H2,1-3H3,(H,25,26);5-13H,3-4,14H2,1-2H3,(H,25,26);2-11H,12H2,1H3,(H,20,21). The number of hydrogen-bond acceptors (Lipinski definition) is 10. The van der Waals surface area contributed by atoms with Gasteiger partial charge in [-0.25, -0.2) is 19.2 Å². The number of para-hydroxylation sites is 1. The van der Waals surface area contributed by atoms with E-state index in [9.17, 15) is 39.6 Å². The molecule has 0 amide bonds. The Bertz CT molecular complexity index is 5110. The molecule has 13 rings (SSSR count). The van der Waals surface area contributed by atoms with Crippen LogP contribution in [0.1, 0.15) is 119 Å². The van der Waals surface area contributed by atoms with Crippen LogP contribution in [0, 0.1) is 34.6 Å². The number of halogens is 1. The summed E-state index contributed by atoms with van der Waals surface area (Å²) in [6.07, 6.45) is 0. The van der Waals surface area contributed by atoms with Crippen LogP contribution in [0.3, 0.4) is 0 Å². The predicted octanol–water partition coefficient (Wildman–Crippen LogP) is 21.1. The van der Waals surface area contributed by atoms with Gasteiger partial charge in [0.15, 0.2) is 0 Å². The Balaban J connectivity index is 0.000000151. The fourth-order valence-electron chi connectivity index (χ4n) is 12.9. The second-order valence-corrected chi connectivity index (χ2v) is 25.6. The van der Waals surface area contributed by atoms with Crippen molar-refractivity contribution in [3.8, 4) is 28.7 Å². The summed E-state index contributed by atoms with van der Waals surface area (Å²) in [6, 6.07) is 75.2. The molecule has 13 aromatic rings. The van der Waals surface area contributed by atoms with E-state index in [4.69, 9.17) is 30.5 Å². The van der Waals surface area contributed by atoms with Gasteiger partial charge in [0.25, 0.3) is 0 Å². The minimum atomic E-state index is -1.01. The molecule has 0 atom stereocenters. The van der Waals surface area contributed by atoms with E-state index in [0.717, 1.165) is 137 Å². The summed E-state index contributed by atoms with van der Waals surface area (Å²) in [5.74, 6) is -2.47. The van der Waals surface area contributed by atoms with E-state index in [0.29, 0.717) is 47.8 Å². The number of aromatic carboxylic acids is 4. The minimum Gasteiger partial charge on any atom is -0.488 e. The van der Waals surface area contributed by atoms with Crippen molar-refractivity contribution in [2.45, 2.75) is 88.7 Å². The van der Waals surface area contributed by atoms with E-state index >= 15 is 0 Å². The fourth-order valence-corrected chi connectivity index (χ4v) is 13.2. The van der Waals surface area contributed by atoms with Crippen molar-refractivity contribution < 1.29 is 58.6 Å². The number of benzene rings is 12. The van der Waals surface area contributed by atoms with Gasteiger partial charge in [0, 0.05) is 100 Å². The van der Waals surface area contributed by atoms with E-state index in [1.54, 1.807) is 48.5 Å². The smallest absolute Gasteiger partial charge is 0.339 e. The topological polar surface area (TPSA) is 198 Å². The molecule has 0 unspecified atom stereocenters. The van der Waals surface area contributed by atoms with Gasteiger partial charge in [-0.2, -0.15) is 0 Å². The van der Waals surface area contributed by atoms with Crippen molar-refractivity contribution in [2.75, 3.05) is 36.0 Å². The van der Waals surface area contributed by atoms with Crippen LogP contribution in [0.5, 0.6) is 23.0 Å². The molecule has 1 heterocycles. The average Bonchev–Trinajstić information content (AvgIpc) is 1.80. The number of fused-ring (bicyclic) bond motifs is 4. The van der Waals surface area contributed by atoms with Gasteiger partial charge < -0.3 is 53.7 Å². The van der Waals surface area contributed by atoms with Crippen LogP contribution >= 0.6 is 11.6 Å². The number of carboxylic acid groups (broad SMARTS) is 4. The summed E-state index contributed by atoms with van der Waals surface area (Å²) in [6.45, 7) is 23.0. The van der Waals surface area contributed by atoms with E-state index in [1.807, 2.05) is 143 Å². The van der Waals surface area contributed by atoms with Gasteiger partial charge in [-0.1, -0.05) is 163 Å². The van der Waals surface area contributed by atoms with Crippen LogP contribution in [0.25, 0.3) is 48.8 Å². The highest BCUT2D eigenvalue weighted by Crippen LogP contribution is 2.35. The van der Waals surface area contributed by atoms with Gasteiger partial charge in [-0.05, 0) is 189 Å². The molecule has 4 N–H and O–H groups in total. The number of aryl methyl sites for hydroxylation is 5. The molecular formula is C89H86ClN3O12. The van der Waals surface area contributed by atoms with Crippen molar-refractivity contribution in [1.82, 2.24) is 4.57 Å². The van der Waals surface area contributed by atoms with Crippen LogP contribution in [0.15, 0.2) is 237 Å². The number of rotatable bonds is 23. The first-order valence-corrected chi connectivity index (χ1v) is 35.3. The predicted molar refractivity (Wildman–Crippen MR) is 422 cm³/mol. The van der Waals surface area contributed by atoms with Gasteiger partial charge in [-0.3, -0.25) is 0 Å². The summed E-state index contributed by atoms with van der Waals surface area (Å²) < 4.78 is 26.0. The average molecular weight is 1430 g/mol. The highest BCUT2D eigenvalue weighted by atomic mass is 35.5. The molecule has 16 heteroatoms. The highest BCUT2D eigenvalue weighted by Gasteiger charge is 2.21. The zero-order valence-corrected chi connectivity index (χ0v) is 61.2. The zero-order valence-electron chi connectivity index (χ0n) is 60.4. The fraction of sp³-hybridized carbons (Fsp3) is 0.191. The molecule has 0 aliphatic heterocycles. The number of nitrogens with zero attached hydrogens (tertiary/aromatic N) is 3. The van der Waals surface area contributed by atoms with E-state index in [1.165, 1.54) is 0 Å². The molecule has 1 aromatic heterocycles.